The van der Waals surface area contributed by atoms with E-state index in [1.807, 2.05) is 48.5 Å². The SMILES string of the molecule is Cn1c(=O)n(CC(=O)OCc2nc3ccccc3s2)c2ccccc21. The maximum atomic E-state index is 12.3. The van der Waals surface area contributed by atoms with Crippen molar-refractivity contribution < 1.29 is 9.53 Å². The molecule has 2 aromatic heterocycles. The molecule has 7 heteroatoms. The van der Waals surface area contributed by atoms with E-state index < -0.39 is 5.97 Å². The Morgan fingerprint density at radius 1 is 1.12 bits per heavy atom. The topological polar surface area (TPSA) is 66.1 Å². The van der Waals surface area contributed by atoms with E-state index in [0.29, 0.717) is 5.52 Å². The molecule has 0 atom stereocenters. The number of hydrogen-bond acceptors (Lipinski definition) is 5. The molecule has 126 valence electrons. The van der Waals surface area contributed by atoms with Gasteiger partial charge in [0, 0.05) is 7.05 Å². The fourth-order valence-corrected chi connectivity index (χ4v) is 3.70. The Morgan fingerprint density at radius 2 is 1.84 bits per heavy atom. The maximum Gasteiger partial charge on any atom is 0.329 e. The number of hydrogen-bond donors (Lipinski definition) is 0. The predicted molar refractivity (Wildman–Crippen MR) is 96.6 cm³/mol. The highest BCUT2D eigenvalue weighted by atomic mass is 32.1. The number of fused-ring (bicyclic) bond motifs is 2. The van der Waals surface area contributed by atoms with Gasteiger partial charge in [0.2, 0.25) is 0 Å². The molecule has 0 saturated carbocycles. The maximum absolute atomic E-state index is 12.3. The number of esters is 1. The lowest BCUT2D eigenvalue weighted by Crippen LogP contribution is -2.26. The number of nitrogens with zero attached hydrogens (tertiary/aromatic N) is 3. The molecule has 0 N–H and O–H groups in total. The minimum absolute atomic E-state index is 0.109. The molecule has 4 aromatic rings. The zero-order valence-corrected chi connectivity index (χ0v) is 14.3. The van der Waals surface area contributed by atoms with Crippen LogP contribution >= 0.6 is 11.3 Å². The molecule has 0 spiro atoms. The van der Waals surface area contributed by atoms with Crippen LogP contribution in [0.5, 0.6) is 0 Å². The van der Waals surface area contributed by atoms with E-state index in [1.54, 1.807) is 7.05 Å². The van der Waals surface area contributed by atoms with E-state index in [-0.39, 0.29) is 18.8 Å². The Morgan fingerprint density at radius 3 is 2.64 bits per heavy atom. The number of aromatic nitrogens is 3. The highest BCUT2D eigenvalue weighted by Crippen LogP contribution is 2.22. The van der Waals surface area contributed by atoms with Crippen LogP contribution in [0.1, 0.15) is 5.01 Å². The third kappa shape index (κ3) is 2.83. The first-order valence-electron chi connectivity index (χ1n) is 7.78. The highest BCUT2D eigenvalue weighted by Gasteiger charge is 2.14. The van der Waals surface area contributed by atoms with Gasteiger partial charge in [-0.2, -0.15) is 0 Å². The molecule has 0 amide bonds. The van der Waals surface area contributed by atoms with Crippen molar-refractivity contribution in [2.24, 2.45) is 7.05 Å². The summed E-state index contributed by atoms with van der Waals surface area (Å²) in [4.78, 5) is 28.9. The number of benzene rings is 2. The van der Waals surface area contributed by atoms with Crippen LogP contribution in [0.3, 0.4) is 0 Å². The van der Waals surface area contributed by atoms with Gasteiger partial charge >= 0.3 is 11.7 Å². The summed E-state index contributed by atoms with van der Waals surface area (Å²) in [6.07, 6.45) is 0. The zero-order chi connectivity index (χ0) is 17.4. The molecule has 0 unspecified atom stereocenters. The van der Waals surface area contributed by atoms with Gasteiger partial charge in [-0.05, 0) is 24.3 Å². The van der Waals surface area contributed by atoms with E-state index >= 15 is 0 Å². The van der Waals surface area contributed by atoms with E-state index in [9.17, 15) is 9.59 Å². The van der Waals surface area contributed by atoms with Gasteiger partial charge in [0.25, 0.3) is 0 Å². The largest absolute Gasteiger partial charge is 0.457 e. The van der Waals surface area contributed by atoms with Gasteiger partial charge in [-0.15, -0.1) is 11.3 Å². The van der Waals surface area contributed by atoms with Crippen LogP contribution in [-0.4, -0.2) is 20.1 Å². The Kier molecular flexibility index (Phi) is 3.85. The molecular formula is C18H15N3O3S. The molecule has 2 heterocycles. The van der Waals surface area contributed by atoms with Crippen molar-refractivity contribution in [3.63, 3.8) is 0 Å². The third-order valence-electron chi connectivity index (χ3n) is 4.03. The summed E-state index contributed by atoms with van der Waals surface area (Å²) in [7, 11) is 1.69. The summed E-state index contributed by atoms with van der Waals surface area (Å²) in [6.45, 7) is -0.0111. The number of thiazole rings is 1. The Hall–Kier alpha value is -2.93. The number of carbonyl (C=O) groups excluding carboxylic acids is 1. The van der Waals surface area contributed by atoms with Gasteiger partial charge in [0.15, 0.2) is 0 Å². The second-order valence-electron chi connectivity index (χ2n) is 5.65. The van der Waals surface area contributed by atoms with Crippen LogP contribution in [0.15, 0.2) is 53.3 Å². The van der Waals surface area contributed by atoms with Crippen LogP contribution in [0.4, 0.5) is 0 Å². The van der Waals surface area contributed by atoms with Crippen molar-refractivity contribution in [3.05, 3.63) is 64.0 Å². The molecule has 4 rings (SSSR count). The first kappa shape index (κ1) is 15.6. The molecule has 25 heavy (non-hydrogen) atoms. The van der Waals surface area contributed by atoms with Gasteiger partial charge < -0.3 is 4.74 Å². The molecule has 2 aromatic carbocycles. The second kappa shape index (κ2) is 6.18. The van der Waals surface area contributed by atoms with Crippen LogP contribution in [0.25, 0.3) is 21.3 Å². The molecule has 0 aliphatic carbocycles. The summed E-state index contributed by atoms with van der Waals surface area (Å²) in [5.74, 6) is -0.460. The number of carbonyl (C=O) groups is 1. The summed E-state index contributed by atoms with van der Waals surface area (Å²) in [6, 6.07) is 15.1. The van der Waals surface area contributed by atoms with Crippen LogP contribution < -0.4 is 5.69 Å². The molecular weight excluding hydrogens is 338 g/mol. The van der Waals surface area contributed by atoms with E-state index in [2.05, 4.69) is 4.98 Å². The van der Waals surface area contributed by atoms with Crippen LogP contribution in [0.2, 0.25) is 0 Å². The smallest absolute Gasteiger partial charge is 0.329 e. The Labute approximate surface area is 146 Å². The third-order valence-corrected chi connectivity index (χ3v) is 5.04. The lowest BCUT2D eigenvalue weighted by molar-refractivity contribution is -0.145. The summed E-state index contributed by atoms with van der Waals surface area (Å²) < 4.78 is 9.32. The van der Waals surface area contributed by atoms with Crippen molar-refractivity contribution in [1.29, 1.82) is 0 Å². The standard InChI is InChI=1S/C18H15N3O3S/c1-20-13-7-3-4-8-14(13)21(18(20)23)10-17(22)24-11-16-19-12-6-2-5-9-15(12)25-16/h2-9H,10-11H2,1H3. The van der Waals surface area contributed by atoms with Crippen molar-refractivity contribution in [2.45, 2.75) is 13.2 Å². The number of ether oxygens (including phenoxy) is 1. The van der Waals surface area contributed by atoms with E-state index in [4.69, 9.17) is 4.74 Å². The van der Waals surface area contributed by atoms with Gasteiger partial charge in [-0.3, -0.25) is 13.9 Å². The van der Waals surface area contributed by atoms with Crippen LogP contribution in [-0.2, 0) is 29.7 Å². The number of imidazole rings is 1. The fourth-order valence-electron chi connectivity index (χ4n) is 2.81. The second-order valence-corrected chi connectivity index (χ2v) is 6.77. The number of aryl methyl sites for hydroxylation is 1. The minimum Gasteiger partial charge on any atom is -0.457 e. The van der Waals surface area contributed by atoms with Crippen molar-refractivity contribution in [1.82, 2.24) is 14.1 Å². The normalized spacial score (nSPS) is 11.2. The summed E-state index contributed by atoms with van der Waals surface area (Å²) in [5, 5.41) is 0.736. The zero-order valence-electron chi connectivity index (χ0n) is 13.5. The average molecular weight is 353 g/mol. The van der Waals surface area contributed by atoms with Gasteiger partial charge in [-0.1, -0.05) is 24.3 Å². The first-order chi connectivity index (χ1) is 12.1. The molecule has 6 nitrogen and oxygen atoms in total. The Bertz CT molecular complexity index is 1110. The number of rotatable bonds is 4. The first-order valence-corrected chi connectivity index (χ1v) is 8.59. The Balaban J connectivity index is 1.51. The molecule has 0 bridgehead atoms. The molecule has 0 radical (unpaired) electrons. The molecule has 0 saturated heterocycles. The lowest BCUT2D eigenvalue weighted by atomic mass is 10.3. The van der Waals surface area contributed by atoms with Gasteiger partial charge in [0.05, 0.1) is 21.3 Å². The fraction of sp³-hybridized carbons (Fsp3) is 0.167. The minimum atomic E-state index is -0.460. The van der Waals surface area contributed by atoms with Crippen molar-refractivity contribution in [2.75, 3.05) is 0 Å². The summed E-state index contributed by atoms with van der Waals surface area (Å²) in [5.41, 5.74) is 2.15. The molecule has 0 aliphatic heterocycles. The molecule has 0 aliphatic rings. The van der Waals surface area contributed by atoms with E-state index in [1.165, 1.54) is 20.5 Å². The molecule has 0 fully saturated rings. The van der Waals surface area contributed by atoms with Crippen molar-refractivity contribution >= 4 is 38.6 Å². The van der Waals surface area contributed by atoms with E-state index in [0.717, 1.165) is 20.7 Å². The predicted octanol–water partition coefficient (Wildman–Crippen LogP) is 2.69. The number of para-hydroxylation sites is 3. The highest BCUT2D eigenvalue weighted by molar-refractivity contribution is 7.18. The summed E-state index contributed by atoms with van der Waals surface area (Å²) >= 11 is 1.49. The monoisotopic (exact) mass is 353 g/mol. The lowest BCUT2D eigenvalue weighted by Gasteiger charge is -2.04. The van der Waals surface area contributed by atoms with Gasteiger partial charge in [-0.25, -0.2) is 9.78 Å². The average Bonchev–Trinajstić information content (AvgIpc) is 3.15. The van der Waals surface area contributed by atoms with Gasteiger partial charge in [0.1, 0.15) is 18.2 Å². The quantitative estimate of drug-likeness (QED) is 0.529. The van der Waals surface area contributed by atoms with Crippen LogP contribution in [0, 0.1) is 0 Å². The van der Waals surface area contributed by atoms with Crippen molar-refractivity contribution in [3.8, 4) is 0 Å².